The Hall–Kier alpha value is -2.54. The summed E-state index contributed by atoms with van der Waals surface area (Å²) in [4.78, 5) is 12.2. The molecule has 0 saturated carbocycles. The first-order valence-corrected chi connectivity index (χ1v) is 9.87. The van der Waals surface area contributed by atoms with Gasteiger partial charge in [0, 0.05) is 19.0 Å². The highest BCUT2D eigenvalue weighted by Gasteiger charge is 2.15. The highest BCUT2D eigenvalue weighted by molar-refractivity contribution is 6.32. The number of hydrogen-bond donors (Lipinski definition) is 1. The molecule has 0 fully saturated rings. The van der Waals surface area contributed by atoms with Gasteiger partial charge >= 0.3 is 0 Å². The molecule has 1 aliphatic heterocycles. The lowest BCUT2D eigenvalue weighted by Gasteiger charge is -2.11. The van der Waals surface area contributed by atoms with Crippen LogP contribution in [0, 0.1) is 0 Å². The van der Waals surface area contributed by atoms with Gasteiger partial charge in [-0.3, -0.25) is 4.79 Å². The van der Waals surface area contributed by atoms with Crippen LogP contribution in [0.4, 0.5) is 0 Å². The number of amides is 1. The molecule has 1 N–H and O–H groups in total. The number of methoxy groups -OCH3 is 1. The van der Waals surface area contributed by atoms with E-state index in [1.165, 1.54) is 19.6 Å². The Morgan fingerprint density at radius 3 is 2.96 bits per heavy atom. The number of carbonyl (C=O) groups excluding carboxylic acids is 1. The normalized spacial score (nSPS) is 13.8. The van der Waals surface area contributed by atoms with Gasteiger partial charge in [-0.1, -0.05) is 18.0 Å². The minimum Gasteiger partial charge on any atom is -0.491 e. The third-order valence-corrected chi connectivity index (χ3v) is 4.85. The Morgan fingerprint density at radius 1 is 1.32 bits per heavy atom. The Morgan fingerprint density at radius 2 is 2.18 bits per heavy atom. The minimum absolute atomic E-state index is 0.212. The number of nitrogens with one attached hydrogen (secondary N) is 1. The number of nitrogens with zero attached hydrogens (tertiary/aromatic N) is 3. The molecule has 0 bridgehead atoms. The largest absolute Gasteiger partial charge is 0.491 e. The molecule has 1 aromatic carbocycles. The lowest BCUT2D eigenvalue weighted by atomic mass is 10.2. The molecule has 0 spiro atoms. The maximum Gasteiger partial charge on any atom is 0.244 e. The molecule has 0 aliphatic carbocycles. The van der Waals surface area contributed by atoms with E-state index < -0.39 is 0 Å². The van der Waals surface area contributed by atoms with E-state index in [1.807, 2.05) is 6.92 Å². The van der Waals surface area contributed by atoms with E-state index in [1.54, 1.807) is 18.2 Å². The predicted molar refractivity (Wildman–Crippen MR) is 108 cm³/mol. The van der Waals surface area contributed by atoms with Crippen LogP contribution < -0.4 is 14.8 Å². The zero-order chi connectivity index (χ0) is 19.9. The van der Waals surface area contributed by atoms with Gasteiger partial charge in [0.2, 0.25) is 5.91 Å². The number of ether oxygens (including phenoxy) is 2. The van der Waals surface area contributed by atoms with Gasteiger partial charge in [-0.25, -0.2) is 0 Å². The van der Waals surface area contributed by atoms with Crippen LogP contribution in [0.1, 0.15) is 43.4 Å². The van der Waals surface area contributed by atoms with Crippen LogP contribution in [-0.4, -0.2) is 34.4 Å². The highest BCUT2D eigenvalue weighted by Crippen LogP contribution is 2.36. The van der Waals surface area contributed by atoms with Crippen molar-refractivity contribution in [2.24, 2.45) is 0 Å². The van der Waals surface area contributed by atoms with Crippen LogP contribution in [-0.2, 0) is 24.3 Å². The fourth-order valence-corrected chi connectivity index (χ4v) is 3.51. The Labute approximate surface area is 169 Å². The van der Waals surface area contributed by atoms with Crippen molar-refractivity contribution in [3.8, 4) is 11.5 Å². The van der Waals surface area contributed by atoms with Crippen LogP contribution in [0.15, 0.2) is 18.2 Å². The average Bonchev–Trinajstić information content (AvgIpc) is 2.91. The van der Waals surface area contributed by atoms with Crippen LogP contribution in [0.3, 0.4) is 0 Å². The van der Waals surface area contributed by atoms with E-state index in [2.05, 4.69) is 20.1 Å². The van der Waals surface area contributed by atoms with Gasteiger partial charge in [0.05, 0.1) is 25.3 Å². The second-order valence-electron chi connectivity index (χ2n) is 6.51. The molecule has 0 atom stereocenters. The minimum atomic E-state index is -0.212. The Kier molecular flexibility index (Phi) is 6.92. The molecule has 150 valence electrons. The third-order valence-electron chi connectivity index (χ3n) is 4.57. The van der Waals surface area contributed by atoms with Gasteiger partial charge in [0.1, 0.15) is 5.82 Å². The summed E-state index contributed by atoms with van der Waals surface area (Å²) < 4.78 is 12.9. The second kappa shape index (κ2) is 9.59. The lowest BCUT2D eigenvalue weighted by molar-refractivity contribution is -0.116. The monoisotopic (exact) mass is 404 g/mol. The fraction of sp³-hybridized carbons (Fsp3) is 0.450. The maximum absolute atomic E-state index is 12.2. The zero-order valence-corrected chi connectivity index (χ0v) is 17.0. The predicted octanol–water partition coefficient (Wildman–Crippen LogP) is 3.39. The van der Waals surface area contributed by atoms with Gasteiger partial charge in [-0.15, -0.1) is 10.2 Å². The number of benzene rings is 1. The van der Waals surface area contributed by atoms with E-state index in [4.69, 9.17) is 21.1 Å². The van der Waals surface area contributed by atoms with Crippen molar-refractivity contribution < 1.29 is 14.3 Å². The van der Waals surface area contributed by atoms with E-state index in [-0.39, 0.29) is 5.91 Å². The molecule has 7 nitrogen and oxygen atoms in total. The second-order valence-corrected chi connectivity index (χ2v) is 6.92. The van der Waals surface area contributed by atoms with Crippen LogP contribution in [0.5, 0.6) is 11.5 Å². The summed E-state index contributed by atoms with van der Waals surface area (Å²) in [6, 6.07) is 3.52. The molecule has 1 aromatic heterocycles. The summed E-state index contributed by atoms with van der Waals surface area (Å²) in [5, 5.41) is 11.8. The highest BCUT2D eigenvalue weighted by atomic mass is 35.5. The molecule has 3 rings (SSSR count). The summed E-state index contributed by atoms with van der Waals surface area (Å²) in [6.45, 7) is 3.63. The zero-order valence-electron chi connectivity index (χ0n) is 16.2. The molecular weight excluding hydrogens is 380 g/mol. The van der Waals surface area contributed by atoms with Crippen molar-refractivity contribution in [1.29, 1.82) is 0 Å². The number of hydrogen-bond acceptors (Lipinski definition) is 5. The van der Waals surface area contributed by atoms with Crippen molar-refractivity contribution in [1.82, 2.24) is 20.1 Å². The summed E-state index contributed by atoms with van der Waals surface area (Å²) in [6.07, 6.45) is 7.56. The van der Waals surface area contributed by atoms with Crippen molar-refractivity contribution in [2.75, 3.05) is 13.7 Å². The summed E-state index contributed by atoms with van der Waals surface area (Å²) in [7, 11) is 1.54. The number of halogens is 1. The van der Waals surface area contributed by atoms with E-state index in [0.29, 0.717) is 29.7 Å². The first-order chi connectivity index (χ1) is 13.6. The third kappa shape index (κ3) is 4.84. The van der Waals surface area contributed by atoms with Crippen molar-refractivity contribution in [2.45, 2.75) is 45.7 Å². The van der Waals surface area contributed by atoms with Gasteiger partial charge in [-0.05, 0) is 43.5 Å². The van der Waals surface area contributed by atoms with E-state index >= 15 is 0 Å². The molecule has 28 heavy (non-hydrogen) atoms. The fourth-order valence-electron chi connectivity index (χ4n) is 3.22. The molecule has 1 aliphatic rings. The summed E-state index contributed by atoms with van der Waals surface area (Å²) >= 11 is 6.24. The first-order valence-electron chi connectivity index (χ1n) is 9.49. The summed E-state index contributed by atoms with van der Waals surface area (Å²) in [5.41, 5.74) is 0.751. The maximum atomic E-state index is 12.2. The summed E-state index contributed by atoms with van der Waals surface area (Å²) in [5.74, 6) is 2.62. The smallest absolute Gasteiger partial charge is 0.244 e. The molecule has 2 heterocycles. The van der Waals surface area contributed by atoms with Crippen molar-refractivity contribution >= 4 is 23.6 Å². The molecule has 1 amide bonds. The topological polar surface area (TPSA) is 78.3 Å². The number of fused-ring (bicyclic) bond motifs is 1. The van der Waals surface area contributed by atoms with Gasteiger partial charge in [0.25, 0.3) is 0 Å². The molecule has 0 saturated heterocycles. The van der Waals surface area contributed by atoms with Crippen LogP contribution in [0.25, 0.3) is 6.08 Å². The van der Waals surface area contributed by atoms with Crippen LogP contribution in [0.2, 0.25) is 5.02 Å². The van der Waals surface area contributed by atoms with Gasteiger partial charge in [-0.2, -0.15) is 0 Å². The van der Waals surface area contributed by atoms with Gasteiger partial charge in [0.15, 0.2) is 17.3 Å². The van der Waals surface area contributed by atoms with E-state index in [0.717, 1.165) is 43.0 Å². The standard InChI is InChI=1S/C20H25ClN4O3/c1-3-28-16-12-14(11-15(21)20(16)27-2)8-9-19(26)22-13-18-24-23-17-7-5-4-6-10-25(17)18/h8-9,11-12H,3-7,10,13H2,1-2H3,(H,22,26). The Balaban J connectivity index is 1.64. The molecule has 0 unspecified atom stereocenters. The number of rotatable bonds is 7. The molecule has 0 radical (unpaired) electrons. The Bertz CT molecular complexity index is 863. The number of aromatic nitrogens is 3. The van der Waals surface area contributed by atoms with Crippen LogP contribution >= 0.6 is 11.6 Å². The molecule has 2 aromatic rings. The SMILES string of the molecule is CCOc1cc(C=CC(=O)NCc2nnc3n2CCCCC3)cc(Cl)c1OC. The van der Waals surface area contributed by atoms with Crippen molar-refractivity contribution in [3.05, 3.63) is 40.4 Å². The quantitative estimate of drug-likeness (QED) is 0.715. The van der Waals surface area contributed by atoms with Gasteiger partial charge < -0.3 is 19.4 Å². The van der Waals surface area contributed by atoms with E-state index in [9.17, 15) is 4.79 Å². The molecule has 8 heteroatoms. The number of aryl methyl sites for hydroxylation is 1. The number of carbonyl (C=O) groups is 1. The molecular formula is C20H25ClN4O3. The van der Waals surface area contributed by atoms with Crippen molar-refractivity contribution in [3.63, 3.8) is 0 Å². The first kappa shape index (κ1) is 20.2. The average molecular weight is 405 g/mol. The lowest BCUT2D eigenvalue weighted by Crippen LogP contribution is -2.23.